The van der Waals surface area contributed by atoms with Gasteiger partial charge in [0.2, 0.25) is 0 Å². The van der Waals surface area contributed by atoms with Gasteiger partial charge in [-0.2, -0.15) is 0 Å². The maximum absolute atomic E-state index is 14.7. The lowest BCUT2D eigenvalue weighted by Gasteiger charge is -2.12. The molecule has 0 spiro atoms. The van der Waals surface area contributed by atoms with Crippen LogP contribution in [0.2, 0.25) is 0 Å². The number of nitrogens with one attached hydrogen (secondary N) is 1. The van der Waals surface area contributed by atoms with E-state index < -0.39 is 23.5 Å². The van der Waals surface area contributed by atoms with Crippen LogP contribution < -0.4 is 10.5 Å². The number of carbonyl (C=O) groups excluding carboxylic acids is 2. The molecule has 0 saturated carbocycles. The van der Waals surface area contributed by atoms with Gasteiger partial charge in [-0.3, -0.25) is 4.79 Å². The van der Waals surface area contributed by atoms with Crippen LogP contribution in [0, 0.1) is 11.6 Å². The Balaban J connectivity index is 2.08. The number of benzene rings is 2. The first-order valence-electron chi connectivity index (χ1n) is 8.32. The molecule has 3 aromatic rings. The van der Waals surface area contributed by atoms with Crippen LogP contribution in [-0.4, -0.2) is 23.5 Å². The number of halogens is 2. The SMILES string of the molecule is CCOC(=O)/C=C/c1c(Oc2ccc(F)c(C(N)=O)c2)c(F)cc2[nH]ccc12. The van der Waals surface area contributed by atoms with Crippen molar-refractivity contribution >= 4 is 28.9 Å². The summed E-state index contributed by atoms with van der Waals surface area (Å²) in [6.07, 6.45) is 4.13. The summed E-state index contributed by atoms with van der Waals surface area (Å²) in [4.78, 5) is 25.9. The molecule has 3 rings (SSSR count). The number of hydrogen-bond acceptors (Lipinski definition) is 4. The fourth-order valence-electron chi connectivity index (χ4n) is 2.67. The van der Waals surface area contributed by atoms with E-state index in [4.69, 9.17) is 15.2 Å². The van der Waals surface area contributed by atoms with Crippen molar-refractivity contribution in [2.75, 3.05) is 6.61 Å². The van der Waals surface area contributed by atoms with Crippen LogP contribution in [0.3, 0.4) is 0 Å². The minimum Gasteiger partial charge on any atom is -0.463 e. The summed E-state index contributed by atoms with van der Waals surface area (Å²) >= 11 is 0. The molecule has 0 atom stereocenters. The average molecular weight is 386 g/mol. The Morgan fingerprint density at radius 2 is 1.96 bits per heavy atom. The van der Waals surface area contributed by atoms with Crippen molar-refractivity contribution in [3.05, 3.63) is 65.4 Å². The van der Waals surface area contributed by atoms with Gasteiger partial charge in [-0.15, -0.1) is 0 Å². The molecule has 8 heteroatoms. The van der Waals surface area contributed by atoms with Crippen LogP contribution in [0.15, 0.2) is 42.6 Å². The quantitative estimate of drug-likeness (QED) is 0.496. The Hall–Kier alpha value is -3.68. The van der Waals surface area contributed by atoms with Gasteiger partial charge in [0.1, 0.15) is 11.6 Å². The van der Waals surface area contributed by atoms with Crippen LogP contribution in [-0.2, 0) is 9.53 Å². The highest BCUT2D eigenvalue weighted by molar-refractivity contribution is 5.96. The molecule has 0 saturated heterocycles. The zero-order chi connectivity index (χ0) is 20.3. The second kappa shape index (κ2) is 7.91. The van der Waals surface area contributed by atoms with Crippen molar-refractivity contribution in [1.82, 2.24) is 4.98 Å². The molecule has 0 bridgehead atoms. The third-order valence-corrected chi connectivity index (χ3v) is 3.90. The number of rotatable bonds is 6. The normalized spacial score (nSPS) is 11.1. The summed E-state index contributed by atoms with van der Waals surface area (Å²) in [7, 11) is 0. The number of fused-ring (bicyclic) bond motifs is 1. The van der Waals surface area contributed by atoms with Crippen LogP contribution in [0.1, 0.15) is 22.8 Å². The lowest BCUT2D eigenvalue weighted by molar-refractivity contribution is -0.137. The summed E-state index contributed by atoms with van der Waals surface area (Å²) in [6.45, 7) is 1.86. The fourth-order valence-corrected chi connectivity index (χ4v) is 2.67. The lowest BCUT2D eigenvalue weighted by Crippen LogP contribution is -2.13. The first-order valence-corrected chi connectivity index (χ1v) is 8.32. The van der Waals surface area contributed by atoms with E-state index in [1.165, 1.54) is 18.2 Å². The Bertz CT molecular complexity index is 1090. The molecule has 144 valence electrons. The van der Waals surface area contributed by atoms with Crippen LogP contribution in [0.4, 0.5) is 8.78 Å². The van der Waals surface area contributed by atoms with Gasteiger partial charge in [0.25, 0.3) is 5.91 Å². The van der Waals surface area contributed by atoms with Crippen LogP contribution in [0.5, 0.6) is 11.5 Å². The van der Waals surface area contributed by atoms with Crippen molar-refractivity contribution in [3.63, 3.8) is 0 Å². The predicted octanol–water partition coefficient (Wildman–Crippen LogP) is 3.91. The van der Waals surface area contributed by atoms with E-state index in [1.54, 1.807) is 19.2 Å². The van der Waals surface area contributed by atoms with E-state index in [0.717, 1.165) is 18.2 Å². The summed E-state index contributed by atoms with van der Waals surface area (Å²) in [5.41, 5.74) is 5.51. The van der Waals surface area contributed by atoms with Gasteiger partial charge in [-0.25, -0.2) is 13.6 Å². The first-order chi connectivity index (χ1) is 13.4. The van der Waals surface area contributed by atoms with Crippen LogP contribution >= 0.6 is 0 Å². The Labute approximate surface area is 158 Å². The van der Waals surface area contributed by atoms with E-state index in [2.05, 4.69) is 4.98 Å². The van der Waals surface area contributed by atoms with Crippen molar-refractivity contribution < 1.29 is 27.8 Å². The van der Waals surface area contributed by atoms with Gasteiger partial charge in [-0.05, 0) is 37.3 Å². The smallest absolute Gasteiger partial charge is 0.330 e. The highest BCUT2D eigenvalue weighted by atomic mass is 19.1. The fraction of sp³-hybridized carbons (Fsp3) is 0.100. The van der Waals surface area contributed by atoms with Crippen molar-refractivity contribution in [2.24, 2.45) is 5.73 Å². The summed E-state index contributed by atoms with van der Waals surface area (Å²) < 4.78 is 38.8. The number of hydrogen-bond donors (Lipinski definition) is 2. The van der Waals surface area contributed by atoms with Gasteiger partial charge in [0.15, 0.2) is 11.6 Å². The molecule has 0 fully saturated rings. The third-order valence-electron chi connectivity index (χ3n) is 3.90. The number of aromatic amines is 1. The highest BCUT2D eigenvalue weighted by Crippen LogP contribution is 2.35. The van der Waals surface area contributed by atoms with E-state index >= 15 is 0 Å². The van der Waals surface area contributed by atoms with Gasteiger partial charge in [0.05, 0.1) is 12.2 Å². The zero-order valence-electron chi connectivity index (χ0n) is 14.8. The minimum atomic E-state index is -0.980. The van der Waals surface area contributed by atoms with Gasteiger partial charge in [-0.1, -0.05) is 0 Å². The van der Waals surface area contributed by atoms with Gasteiger partial charge < -0.3 is 20.2 Å². The molecule has 2 aromatic carbocycles. The number of H-pyrrole nitrogens is 1. The minimum absolute atomic E-state index is 0.00905. The number of primary amides is 1. The maximum atomic E-state index is 14.7. The van der Waals surface area contributed by atoms with Crippen LogP contribution in [0.25, 0.3) is 17.0 Å². The average Bonchev–Trinajstić information content (AvgIpc) is 3.10. The highest BCUT2D eigenvalue weighted by Gasteiger charge is 2.17. The summed E-state index contributed by atoms with van der Waals surface area (Å²) in [5.74, 6) is -3.30. The number of ether oxygens (including phenoxy) is 2. The molecule has 6 nitrogen and oxygen atoms in total. The number of carbonyl (C=O) groups is 2. The standard InChI is InChI=1S/C20H16F2N2O4/c1-2-27-18(25)6-4-13-12-7-8-24-17(12)10-16(22)19(13)28-11-3-5-15(21)14(9-11)20(23)26/h3-10,24H,2H2,1H3,(H2,23,26)/b6-4+. The van der Waals surface area contributed by atoms with Crippen molar-refractivity contribution in [3.8, 4) is 11.5 Å². The Kier molecular flexibility index (Phi) is 5.39. The molecule has 1 amide bonds. The topological polar surface area (TPSA) is 94.4 Å². The Morgan fingerprint density at radius 3 is 2.68 bits per heavy atom. The number of amides is 1. The first kappa shape index (κ1) is 19.1. The molecule has 0 aliphatic heterocycles. The van der Waals surface area contributed by atoms with Gasteiger partial charge in [0, 0.05) is 34.8 Å². The summed E-state index contributed by atoms with van der Waals surface area (Å²) in [5, 5.41) is 0.592. The Morgan fingerprint density at radius 1 is 1.18 bits per heavy atom. The maximum Gasteiger partial charge on any atom is 0.330 e. The lowest BCUT2D eigenvalue weighted by atomic mass is 10.1. The molecule has 1 aromatic heterocycles. The third kappa shape index (κ3) is 3.85. The second-order valence-electron chi connectivity index (χ2n) is 5.73. The zero-order valence-corrected chi connectivity index (χ0v) is 14.8. The molecule has 28 heavy (non-hydrogen) atoms. The van der Waals surface area contributed by atoms with E-state index in [1.807, 2.05) is 0 Å². The number of nitrogens with two attached hydrogens (primary N) is 1. The van der Waals surface area contributed by atoms with E-state index in [0.29, 0.717) is 10.9 Å². The van der Waals surface area contributed by atoms with Crippen molar-refractivity contribution in [2.45, 2.75) is 6.92 Å². The number of aromatic nitrogens is 1. The monoisotopic (exact) mass is 386 g/mol. The molecule has 0 aliphatic carbocycles. The molecular formula is C20H16F2N2O4. The molecule has 1 heterocycles. The second-order valence-corrected chi connectivity index (χ2v) is 5.73. The molecule has 0 radical (unpaired) electrons. The molecule has 0 unspecified atom stereocenters. The van der Waals surface area contributed by atoms with E-state index in [-0.39, 0.29) is 29.2 Å². The molecular weight excluding hydrogens is 370 g/mol. The number of esters is 1. The van der Waals surface area contributed by atoms with Crippen molar-refractivity contribution in [1.29, 1.82) is 0 Å². The van der Waals surface area contributed by atoms with Gasteiger partial charge >= 0.3 is 5.97 Å². The summed E-state index contributed by atoms with van der Waals surface area (Å²) in [6, 6.07) is 6.23. The predicted molar refractivity (Wildman–Crippen MR) is 98.9 cm³/mol. The largest absolute Gasteiger partial charge is 0.463 e. The molecule has 0 aliphatic rings. The molecule has 3 N–H and O–H groups in total. The van der Waals surface area contributed by atoms with E-state index in [9.17, 15) is 18.4 Å².